The number of methoxy groups -OCH3 is 1. The predicted molar refractivity (Wildman–Crippen MR) is 74.9 cm³/mol. The second-order valence-electron chi connectivity index (χ2n) is 4.38. The summed E-state index contributed by atoms with van der Waals surface area (Å²) in [5.41, 5.74) is 6.02. The van der Waals surface area contributed by atoms with Crippen LogP contribution in [0.15, 0.2) is 24.3 Å². The number of primary amides is 1. The molecule has 1 aromatic carbocycles. The number of nitrogens with zero attached hydrogens (tertiary/aromatic N) is 2. The summed E-state index contributed by atoms with van der Waals surface area (Å²) in [7, 11) is 1.53. The number of benzene rings is 1. The Balaban J connectivity index is 2.11. The maximum absolute atomic E-state index is 11.6. The van der Waals surface area contributed by atoms with Crippen molar-refractivity contribution in [2.45, 2.75) is 0 Å². The fourth-order valence-electron chi connectivity index (χ4n) is 2.15. The van der Waals surface area contributed by atoms with Crippen LogP contribution in [0.4, 0.5) is 15.3 Å². The van der Waals surface area contributed by atoms with Gasteiger partial charge >= 0.3 is 12.1 Å². The summed E-state index contributed by atoms with van der Waals surface area (Å²) in [6, 6.07) is 6.44. The third-order valence-electron chi connectivity index (χ3n) is 3.18. The molecule has 108 valence electrons. The lowest BCUT2D eigenvalue weighted by Gasteiger charge is -2.24. The topological polar surface area (TPSA) is 87.9 Å². The van der Waals surface area contributed by atoms with E-state index >= 15 is 0 Å². The molecule has 0 bridgehead atoms. The van der Waals surface area contributed by atoms with Crippen molar-refractivity contribution in [3.63, 3.8) is 0 Å². The van der Waals surface area contributed by atoms with Gasteiger partial charge in [0.2, 0.25) is 0 Å². The summed E-state index contributed by atoms with van der Waals surface area (Å²) in [5.74, 6) is 0.567. The highest BCUT2D eigenvalue weighted by Crippen LogP contribution is 2.27. The van der Waals surface area contributed by atoms with E-state index in [0.29, 0.717) is 37.6 Å². The number of anilines is 1. The van der Waals surface area contributed by atoms with Crippen LogP contribution < -0.4 is 20.7 Å². The zero-order valence-corrected chi connectivity index (χ0v) is 11.3. The molecule has 1 saturated heterocycles. The van der Waals surface area contributed by atoms with Gasteiger partial charge in [-0.05, 0) is 12.1 Å². The van der Waals surface area contributed by atoms with Gasteiger partial charge in [-0.2, -0.15) is 0 Å². The van der Waals surface area contributed by atoms with Crippen molar-refractivity contribution in [2.75, 3.05) is 38.2 Å². The molecule has 1 fully saturated rings. The molecule has 0 saturated carbocycles. The standard InChI is InChI=1S/C13H18N4O3/c1-20-11-5-3-2-4-10(11)17(12(14)18)9-8-16-7-6-15-13(16)19/h2-5H,6-9H2,1H3,(H2,14,18)(H,15,19). The Kier molecular flexibility index (Phi) is 4.29. The van der Waals surface area contributed by atoms with Gasteiger partial charge in [0.25, 0.3) is 0 Å². The number of nitrogens with two attached hydrogens (primary N) is 1. The number of carbonyl (C=O) groups is 2. The highest BCUT2D eigenvalue weighted by Gasteiger charge is 2.22. The van der Waals surface area contributed by atoms with Gasteiger partial charge < -0.3 is 20.7 Å². The number of hydrogen-bond acceptors (Lipinski definition) is 3. The minimum Gasteiger partial charge on any atom is -0.495 e. The second-order valence-corrected chi connectivity index (χ2v) is 4.38. The summed E-state index contributed by atoms with van der Waals surface area (Å²) < 4.78 is 5.23. The van der Waals surface area contributed by atoms with Gasteiger partial charge in [-0.25, -0.2) is 9.59 Å². The van der Waals surface area contributed by atoms with Gasteiger partial charge in [0.1, 0.15) is 5.75 Å². The van der Waals surface area contributed by atoms with Gasteiger partial charge in [0.05, 0.1) is 12.8 Å². The van der Waals surface area contributed by atoms with Gasteiger partial charge in [-0.15, -0.1) is 0 Å². The number of ether oxygens (including phenoxy) is 1. The van der Waals surface area contributed by atoms with E-state index in [-0.39, 0.29) is 6.03 Å². The zero-order chi connectivity index (χ0) is 14.5. The molecule has 7 heteroatoms. The Labute approximate surface area is 117 Å². The van der Waals surface area contributed by atoms with Crippen LogP contribution in [0.25, 0.3) is 0 Å². The monoisotopic (exact) mass is 278 g/mol. The molecule has 1 heterocycles. The lowest BCUT2D eigenvalue weighted by molar-refractivity contribution is 0.217. The molecule has 1 aromatic rings. The Hall–Kier alpha value is -2.44. The normalized spacial score (nSPS) is 14.1. The molecule has 1 aliphatic rings. The SMILES string of the molecule is COc1ccccc1N(CCN1CCNC1=O)C(N)=O. The molecule has 0 spiro atoms. The molecular weight excluding hydrogens is 260 g/mol. The summed E-state index contributed by atoms with van der Waals surface area (Å²) >= 11 is 0. The fraction of sp³-hybridized carbons (Fsp3) is 0.385. The fourth-order valence-corrected chi connectivity index (χ4v) is 2.15. The number of hydrogen-bond donors (Lipinski definition) is 2. The Bertz CT molecular complexity index is 506. The van der Waals surface area contributed by atoms with Crippen molar-refractivity contribution in [1.82, 2.24) is 10.2 Å². The average molecular weight is 278 g/mol. The van der Waals surface area contributed by atoms with Crippen molar-refractivity contribution >= 4 is 17.7 Å². The van der Waals surface area contributed by atoms with E-state index in [2.05, 4.69) is 5.32 Å². The predicted octanol–water partition coefficient (Wildman–Crippen LogP) is 0.606. The van der Waals surface area contributed by atoms with Gasteiger partial charge in [-0.1, -0.05) is 12.1 Å². The van der Waals surface area contributed by atoms with Gasteiger partial charge in [-0.3, -0.25) is 4.90 Å². The first-order valence-electron chi connectivity index (χ1n) is 6.36. The number of rotatable bonds is 5. The Morgan fingerprint density at radius 3 is 2.85 bits per heavy atom. The van der Waals surface area contributed by atoms with Crippen molar-refractivity contribution in [2.24, 2.45) is 5.73 Å². The van der Waals surface area contributed by atoms with Crippen LogP contribution in [-0.2, 0) is 0 Å². The van der Waals surface area contributed by atoms with E-state index in [0.717, 1.165) is 0 Å². The molecular formula is C13H18N4O3. The molecule has 0 aliphatic carbocycles. The highest BCUT2D eigenvalue weighted by atomic mass is 16.5. The first-order chi connectivity index (χ1) is 9.63. The van der Waals surface area contributed by atoms with Crippen LogP contribution >= 0.6 is 0 Å². The van der Waals surface area contributed by atoms with E-state index in [1.165, 1.54) is 12.0 Å². The van der Waals surface area contributed by atoms with Crippen LogP contribution in [0.5, 0.6) is 5.75 Å². The van der Waals surface area contributed by atoms with E-state index in [9.17, 15) is 9.59 Å². The lowest BCUT2D eigenvalue weighted by atomic mass is 10.2. The number of carbonyl (C=O) groups excluding carboxylic acids is 2. The van der Waals surface area contributed by atoms with Crippen molar-refractivity contribution in [3.8, 4) is 5.75 Å². The molecule has 3 N–H and O–H groups in total. The largest absolute Gasteiger partial charge is 0.495 e. The van der Waals surface area contributed by atoms with E-state index in [1.54, 1.807) is 23.1 Å². The average Bonchev–Trinajstić information content (AvgIpc) is 2.85. The van der Waals surface area contributed by atoms with Crippen LogP contribution in [0, 0.1) is 0 Å². The minimum absolute atomic E-state index is 0.116. The Morgan fingerprint density at radius 2 is 2.25 bits per heavy atom. The first-order valence-corrected chi connectivity index (χ1v) is 6.36. The molecule has 1 aliphatic heterocycles. The maximum Gasteiger partial charge on any atom is 0.319 e. The van der Waals surface area contributed by atoms with Crippen LogP contribution in [0.2, 0.25) is 0 Å². The van der Waals surface area contributed by atoms with Crippen LogP contribution in [0.3, 0.4) is 0 Å². The van der Waals surface area contributed by atoms with Crippen molar-refractivity contribution < 1.29 is 14.3 Å². The molecule has 20 heavy (non-hydrogen) atoms. The molecule has 4 amide bonds. The van der Waals surface area contributed by atoms with Gasteiger partial charge in [0.15, 0.2) is 0 Å². The Morgan fingerprint density at radius 1 is 1.50 bits per heavy atom. The number of nitrogens with one attached hydrogen (secondary N) is 1. The second kappa shape index (κ2) is 6.14. The number of urea groups is 2. The molecule has 0 aromatic heterocycles. The third kappa shape index (κ3) is 2.93. The lowest BCUT2D eigenvalue weighted by Crippen LogP contribution is -2.42. The third-order valence-corrected chi connectivity index (χ3v) is 3.18. The number of para-hydroxylation sites is 2. The van der Waals surface area contributed by atoms with Crippen molar-refractivity contribution in [1.29, 1.82) is 0 Å². The van der Waals surface area contributed by atoms with E-state index in [1.807, 2.05) is 6.07 Å². The van der Waals surface area contributed by atoms with E-state index in [4.69, 9.17) is 10.5 Å². The minimum atomic E-state index is -0.575. The first kappa shape index (κ1) is 14.0. The molecule has 0 atom stereocenters. The number of amides is 4. The van der Waals surface area contributed by atoms with Gasteiger partial charge in [0, 0.05) is 26.2 Å². The maximum atomic E-state index is 11.6. The molecule has 7 nitrogen and oxygen atoms in total. The van der Waals surface area contributed by atoms with Crippen LogP contribution in [-0.4, -0.2) is 50.3 Å². The molecule has 2 rings (SSSR count). The smallest absolute Gasteiger partial charge is 0.319 e. The summed E-state index contributed by atoms with van der Waals surface area (Å²) in [6.45, 7) is 2.01. The summed E-state index contributed by atoms with van der Waals surface area (Å²) in [4.78, 5) is 26.2. The van der Waals surface area contributed by atoms with Crippen molar-refractivity contribution in [3.05, 3.63) is 24.3 Å². The van der Waals surface area contributed by atoms with Crippen LogP contribution in [0.1, 0.15) is 0 Å². The summed E-state index contributed by atoms with van der Waals surface area (Å²) in [6.07, 6.45) is 0. The molecule has 0 radical (unpaired) electrons. The zero-order valence-electron chi connectivity index (χ0n) is 11.3. The molecule has 0 unspecified atom stereocenters. The highest BCUT2D eigenvalue weighted by molar-refractivity contribution is 5.92. The quantitative estimate of drug-likeness (QED) is 0.827. The van der Waals surface area contributed by atoms with E-state index < -0.39 is 6.03 Å². The summed E-state index contributed by atoms with van der Waals surface area (Å²) in [5, 5.41) is 2.71.